The van der Waals surface area contributed by atoms with Crippen LogP contribution in [0.5, 0.6) is 0 Å². The quantitative estimate of drug-likeness (QED) is 0.813. The molecular formula is C10H10N6. The highest BCUT2D eigenvalue weighted by Crippen LogP contribution is 2.13. The summed E-state index contributed by atoms with van der Waals surface area (Å²) >= 11 is 0. The molecule has 2 rings (SSSR count). The maximum Gasteiger partial charge on any atom is 0.193 e. The Morgan fingerprint density at radius 1 is 1.44 bits per heavy atom. The molecule has 1 heterocycles. The van der Waals surface area contributed by atoms with E-state index in [1.165, 1.54) is 4.80 Å². The summed E-state index contributed by atoms with van der Waals surface area (Å²) in [6, 6.07) is 9.40. The van der Waals surface area contributed by atoms with Gasteiger partial charge in [-0.15, -0.1) is 10.2 Å². The van der Waals surface area contributed by atoms with Crippen molar-refractivity contribution >= 4 is 5.69 Å². The van der Waals surface area contributed by atoms with E-state index in [1.54, 1.807) is 13.1 Å². The first kappa shape index (κ1) is 10.1. The van der Waals surface area contributed by atoms with Gasteiger partial charge in [0.15, 0.2) is 5.82 Å². The van der Waals surface area contributed by atoms with Gasteiger partial charge in [0.05, 0.1) is 24.8 Å². The van der Waals surface area contributed by atoms with E-state index in [9.17, 15) is 0 Å². The molecule has 0 fully saturated rings. The standard InChI is InChI=1S/C10H10N6/c1-16-14-10(13-15-16)7-12-9-5-3-2-4-8(9)6-11/h2-5,12H,7H2,1H3. The van der Waals surface area contributed by atoms with Crippen LogP contribution in [0.4, 0.5) is 5.69 Å². The molecule has 1 aromatic heterocycles. The Labute approximate surface area is 92.5 Å². The number of hydrogen-bond acceptors (Lipinski definition) is 5. The molecule has 0 atom stereocenters. The molecule has 0 aliphatic rings. The van der Waals surface area contributed by atoms with Crippen LogP contribution >= 0.6 is 0 Å². The number of rotatable bonds is 3. The molecular weight excluding hydrogens is 204 g/mol. The van der Waals surface area contributed by atoms with Gasteiger partial charge in [0.1, 0.15) is 6.07 Å². The van der Waals surface area contributed by atoms with Crippen LogP contribution < -0.4 is 5.32 Å². The molecule has 0 saturated carbocycles. The summed E-state index contributed by atoms with van der Waals surface area (Å²) in [5, 5.41) is 23.6. The van der Waals surface area contributed by atoms with Gasteiger partial charge in [-0.05, 0) is 17.3 Å². The number of nitrogens with zero attached hydrogens (tertiary/aromatic N) is 5. The van der Waals surface area contributed by atoms with Crippen LogP contribution in [0, 0.1) is 11.3 Å². The fraction of sp³-hybridized carbons (Fsp3) is 0.200. The Morgan fingerprint density at radius 2 is 2.25 bits per heavy atom. The normalized spacial score (nSPS) is 9.75. The maximum absolute atomic E-state index is 8.88. The van der Waals surface area contributed by atoms with Crippen LogP contribution in [0.3, 0.4) is 0 Å². The molecule has 0 aliphatic carbocycles. The highest BCUT2D eigenvalue weighted by molar-refractivity contribution is 5.56. The van der Waals surface area contributed by atoms with E-state index in [1.807, 2.05) is 18.2 Å². The smallest absolute Gasteiger partial charge is 0.193 e. The number of hydrogen-bond donors (Lipinski definition) is 1. The molecule has 0 bridgehead atoms. The minimum Gasteiger partial charge on any atom is -0.377 e. The molecule has 2 aromatic rings. The van der Waals surface area contributed by atoms with Gasteiger partial charge >= 0.3 is 0 Å². The van der Waals surface area contributed by atoms with Crippen LogP contribution in [0.25, 0.3) is 0 Å². The van der Waals surface area contributed by atoms with Crippen molar-refractivity contribution in [3.05, 3.63) is 35.7 Å². The van der Waals surface area contributed by atoms with Gasteiger partial charge in [0.25, 0.3) is 0 Å². The maximum atomic E-state index is 8.88. The highest BCUT2D eigenvalue weighted by atomic mass is 15.6. The lowest BCUT2D eigenvalue weighted by molar-refractivity contribution is 0.628. The van der Waals surface area contributed by atoms with E-state index in [4.69, 9.17) is 5.26 Å². The SMILES string of the molecule is Cn1nnc(CNc2ccccc2C#N)n1. The summed E-state index contributed by atoms with van der Waals surface area (Å²) in [4.78, 5) is 1.40. The Morgan fingerprint density at radius 3 is 2.94 bits per heavy atom. The first-order chi connectivity index (χ1) is 7.79. The Hall–Kier alpha value is -2.42. The highest BCUT2D eigenvalue weighted by Gasteiger charge is 2.02. The molecule has 6 heteroatoms. The van der Waals surface area contributed by atoms with Crippen molar-refractivity contribution in [3.8, 4) is 6.07 Å². The summed E-state index contributed by atoms with van der Waals surface area (Å²) in [5.74, 6) is 0.593. The van der Waals surface area contributed by atoms with Crippen molar-refractivity contribution in [1.29, 1.82) is 5.26 Å². The van der Waals surface area contributed by atoms with Gasteiger partial charge in [-0.1, -0.05) is 12.1 Å². The first-order valence-electron chi connectivity index (χ1n) is 4.75. The lowest BCUT2D eigenvalue weighted by Gasteiger charge is -2.04. The van der Waals surface area contributed by atoms with Gasteiger partial charge in [0.2, 0.25) is 0 Å². The van der Waals surface area contributed by atoms with Crippen molar-refractivity contribution in [2.24, 2.45) is 7.05 Å². The minimum absolute atomic E-state index is 0.451. The number of aryl methyl sites for hydroxylation is 1. The van der Waals surface area contributed by atoms with Crippen LogP contribution in [0.15, 0.2) is 24.3 Å². The second-order valence-corrected chi connectivity index (χ2v) is 3.21. The van der Waals surface area contributed by atoms with Gasteiger partial charge in [-0.2, -0.15) is 10.1 Å². The number of aromatic nitrogens is 4. The fourth-order valence-corrected chi connectivity index (χ4v) is 1.30. The molecule has 0 amide bonds. The van der Waals surface area contributed by atoms with Crippen molar-refractivity contribution in [3.63, 3.8) is 0 Å². The van der Waals surface area contributed by atoms with Gasteiger partial charge in [-0.3, -0.25) is 0 Å². The molecule has 1 aromatic carbocycles. The summed E-state index contributed by atoms with van der Waals surface area (Å²) < 4.78 is 0. The first-order valence-corrected chi connectivity index (χ1v) is 4.75. The lowest BCUT2D eigenvalue weighted by Crippen LogP contribution is -2.03. The van der Waals surface area contributed by atoms with E-state index in [2.05, 4.69) is 26.8 Å². The van der Waals surface area contributed by atoms with Crippen molar-refractivity contribution in [2.45, 2.75) is 6.54 Å². The van der Waals surface area contributed by atoms with Gasteiger partial charge < -0.3 is 5.32 Å². The second kappa shape index (κ2) is 4.40. The van der Waals surface area contributed by atoms with Crippen LogP contribution in [-0.2, 0) is 13.6 Å². The number of benzene rings is 1. The zero-order valence-corrected chi connectivity index (χ0v) is 8.75. The Balaban J connectivity index is 2.08. The van der Waals surface area contributed by atoms with Gasteiger partial charge in [-0.25, -0.2) is 0 Å². The third-order valence-corrected chi connectivity index (χ3v) is 2.03. The number of nitriles is 1. The van der Waals surface area contributed by atoms with Crippen molar-refractivity contribution in [2.75, 3.05) is 5.32 Å². The van der Waals surface area contributed by atoms with Gasteiger partial charge in [0, 0.05) is 0 Å². The Kier molecular flexibility index (Phi) is 2.78. The largest absolute Gasteiger partial charge is 0.377 e. The predicted octanol–water partition coefficient (Wildman–Crippen LogP) is 0.694. The van der Waals surface area contributed by atoms with Crippen LogP contribution in [-0.4, -0.2) is 20.2 Å². The van der Waals surface area contributed by atoms with E-state index in [-0.39, 0.29) is 0 Å². The summed E-state index contributed by atoms with van der Waals surface area (Å²) in [6.45, 7) is 0.451. The fourth-order valence-electron chi connectivity index (χ4n) is 1.30. The average molecular weight is 214 g/mol. The molecule has 0 unspecified atom stereocenters. The van der Waals surface area contributed by atoms with Crippen molar-refractivity contribution < 1.29 is 0 Å². The minimum atomic E-state index is 0.451. The molecule has 6 nitrogen and oxygen atoms in total. The monoisotopic (exact) mass is 214 g/mol. The lowest BCUT2D eigenvalue weighted by atomic mass is 10.2. The zero-order valence-electron chi connectivity index (χ0n) is 8.75. The third-order valence-electron chi connectivity index (χ3n) is 2.03. The van der Waals surface area contributed by atoms with E-state index >= 15 is 0 Å². The number of anilines is 1. The third kappa shape index (κ3) is 2.15. The number of nitrogens with one attached hydrogen (secondary N) is 1. The average Bonchev–Trinajstić information content (AvgIpc) is 2.73. The molecule has 1 N–H and O–H groups in total. The summed E-state index contributed by atoms with van der Waals surface area (Å²) in [7, 11) is 1.71. The second-order valence-electron chi connectivity index (χ2n) is 3.21. The molecule has 80 valence electrons. The molecule has 0 spiro atoms. The summed E-state index contributed by atoms with van der Waals surface area (Å²) in [5.41, 5.74) is 1.38. The molecule has 0 saturated heterocycles. The van der Waals surface area contributed by atoms with Crippen LogP contribution in [0.2, 0.25) is 0 Å². The van der Waals surface area contributed by atoms with Crippen LogP contribution in [0.1, 0.15) is 11.4 Å². The number of tetrazole rings is 1. The predicted molar refractivity (Wildman–Crippen MR) is 57.3 cm³/mol. The topological polar surface area (TPSA) is 79.4 Å². The Bertz CT molecular complexity index is 524. The molecule has 16 heavy (non-hydrogen) atoms. The van der Waals surface area contributed by atoms with E-state index in [0.29, 0.717) is 17.9 Å². The van der Waals surface area contributed by atoms with E-state index < -0.39 is 0 Å². The summed E-state index contributed by atoms with van der Waals surface area (Å²) in [6.07, 6.45) is 0. The number of para-hydroxylation sites is 1. The molecule has 0 aliphatic heterocycles. The zero-order chi connectivity index (χ0) is 11.4. The molecule has 0 radical (unpaired) electrons. The van der Waals surface area contributed by atoms with E-state index in [0.717, 1.165) is 5.69 Å². The van der Waals surface area contributed by atoms with Crippen molar-refractivity contribution in [1.82, 2.24) is 20.2 Å².